The number of rotatable bonds is 6. The number of imidazole rings is 1. The maximum absolute atomic E-state index is 13.9. The lowest BCUT2D eigenvalue weighted by atomic mass is 10.0. The van der Waals surface area contributed by atoms with Crippen LogP contribution in [0.5, 0.6) is 0 Å². The fourth-order valence-corrected chi connectivity index (χ4v) is 4.03. The van der Waals surface area contributed by atoms with E-state index in [1.54, 1.807) is 43.7 Å². The molecule has 0 amide bonds. The van der Waals surface area contributed by atoms with E-state index in [0.717, 1.165) is 4.90 Å². The van der Waals surface area contributed by atoms with Gasteiger partial charge in [0.25, 0.3) is 0 Å². The number of hydrogen-bond donors (Lipinski definition) is 2. The number of nitrogens with zero attached hydrogens (tertiary/aromatic N) is 5. The van der Waals surface area contributed by atoms with Crippen LogP contribution in [0.4, 0.5) is 35.0 Å². The summed E-state index contributed by atoms with van der Waals surface area (Å²) < 4.78 is 57.8. The molecule has 1 aromatic carbocycles. The average Bonchev–Trinajstić information content (AvgIpc) is 2.99. The van der Waals surface area contributed by atoms with Gasteiger partial charge in [-0.3, -0.25) is 9.13 Å². The molecule has 4 rings (SSSR count). The molecule has 3 aromatic rings. The van der Waals surface area contributed by atoms with Crippen molar-refractivity contribution in [3.05, 3.63) is 39.9 Å². The van der Waals surface area contributed by atoms with E-state index in [1.807, 2.05) is 0 Å². The van der Waals surface area contributed by atoms with Crippen molar-refractivity contribution in [1.82, 2.24) is 19.1 Å². The van der Waals surface area contributed by atoms with Crippen LogP contribution in [0.2, 0.25) is 5.02 Å². The lowest BCUT2D eigenvalue weighted by Crippen LogP contribution is -2.56. The summed E-state index contributed by atoms with van der Waals surface area (Å²) in [4.78, 5) is 21.8. The summed E-state index contributed by atoms with van der Waals surface area (Å²) in [5, 5.41) is 13.2. The summed E-state index contributed by atoms with van der Waals surface area (Å²) in [6.07, 6.45) is 0.531. The van der Waals surface area contributed by atoms with Gasteiger partial charge in [-0.25, -0.2) is 9.78 Å². The summed E-state index contributed by atoms with van der Waals surface area (Å²) in [7, 11) is 1.64. The van der Waals surface area contributed by atoms with Gasteiger partial charge in [-0.2, -0.15) is 22.5 Å². The predicted molar refractivity (Wildman–Crippen MR) is 125 cm³/mol. The molecule has 13 heteroatoms. The molecule has 2 N–H and O–H groups in total. The Kier molecular flexibility index (Phi) is 6.25. The number of fused-ring (bicyclic) bond motifs is 1. The number of aromatic nitrogens is 4. The number of anilines is 3. The van der Waals surface area contributed by atoms with Crippen molar-refractivity contribution in [1.29, 1.82) is 0 Å². The lowest BCUT2D eigenvalue weighted by Gasteiger charge is -2.37. The van der Waals surface area contributed by atoms with E-state index < -0.39 is 30.4 Å². The SMILES string of the molecule is Cn1c(=O)n(CCC(C)(C)O)c2cc(Nc3nc(N4CCC(F)(F)C(F)(F)C4)ncc3Cl)ccc21. The molecule has 0 bridgehead atoms. The maximum atomic E-state index is 13.9. The van der Waals surface area contributed by atoms with Crippen LogP contribution >= 0.6 is 11.6 Å². The first-order valence-electron chi connectivity index (χ1n) is 10.9. The normalized spacial score (nSPS) is 17.7. The fourth-order valence-electron chi connectivity index (χ4n) is 3.89. The fraction of sp³-hybridized carbons (Fsp3) is 0.500. The second-order valence-electron chi connectivity index (χ2n) is 9.33. The largest absolute Gasteiger partial charge is 0.390 e. The molecular formula is C22H25ClF4N6O2. The number of alkyl halides is 4. The van der Waals surface area contributed by atoms with E-state index in [0.29, 0.717) is 23.1 Å². The maximum Gasteiger partial charge on any atom is 0.328 e. The molecule has 0 atom stereocenters. The summed E-state index contributed by atoms with van der Waals surface area (Å²) in [6.45, 7) is 2.04. The molecule has 1 fully saturated rings. The third-order valence-corrected chi connectivity index (χ3v) is 6.27. The standard InChI is InChI=1S/C22H25ClF4N6O2/c1-20(2,35)6-9-33-16-10-13(4-5-15(16)31(3)19(33)34)29-17-14(23)11-28-18(30-17)32-8-7-21(24,25)22(26,27)12-32/h4-5,10-11,35H,6-9,12H2,1-3H3,(H,28,29,30). The Labute approximate surface area is 203 Å². The Morgan fingerprint density at radius 1 is 1.20 bits per heavy atom. The van der Waals surface area contributed by atoms with Crippen LogP contribution in [0.3, 0.4) is 0 Å². The van der Waals surface area contributed by atoms with Crippen LogP contribution in [0.15, 0.2) is 29.2 Å². The second-order valence-corrected chi connectivity index (χ2v) is 9.74. The van der Waals surface area contributed by atoms with Crippen LogP contribution in [0.1, 0.15) is 26.7 Å². The Bertz CT molecular complexity index is 1320. The zero-order valence-corrected chi connectivity index (χ0v) is 20.1. The van der Waals surface area contributed by atoms with Crippen molar-refractivity contribution in [2.24, 2.45) is 7.05 Å². The minimum Gasteiger partial charge on any atom is -0.390 e. The van der Waals surface area contributed by atoms with Gasteiger partial charge in [0.2, 0.25) is 5.95 Å². The van der Waals surface area contributed by atoms with Gasteiger partial charge in [-0.05, 0) is 38.5 Å². The zero-order chi connectivity index (χ0) is 25.8. The Hall–Kier alpha value is -2.86. The summed E-state index contributed by atoms with van der Waals surface area (Å²) in [6, 6.07) is 5.12. The number of benzene rings is 1. The van der Waals surface area contributed by atoms with Gasteiger partial charge in [-0.1, -0.05) is 11.6 Å². The molecule has 1 aliphatic heterocycles. The van der Waals surface area contributed by atoms with E-state index in [-0.39, 0.29) is 35.6 Å². The molecule has 2 aromatic heterocycles. The van der Waals surface area contributed by atoms with Crippen LogP contribution in [-0.4, -0.2) is 54.7 Å². The molecule has 0 aliphatic carbocycles. The average molecular weight is 517 g/mol. The zero-order valence-electron chi connectivity index (χ0n) is 19.3. The first kappa shape index (κ1) is 25.2. The quantitative estimate of drug-likeness (QED) is 0.478. The Balaban J connectivity index is 1.63. The number of piperidine rings is 1. The van der Waals surface area contributed by atoms with E-state index in [9.17, 15) is 27.5 Å². The highest BCUT2D eigenvalue weighted by Crippen LogP contribution is 2.41. The highest BCUT2D eigenvalue weighted by molar-refractivity contribution is 6.32. The summed E-state index contributed by atoms with van der Waals surface area (Å²) >= 11 is 6.20. The molecular weight excluding hydrogens is 492 g/mol. The van der Waals surface area contributed by atoms with Crippen LogP contribution in [0, 0.1) is 0 Å². The highest BCUT2D eigenvalue weighted by atomic mass is 35.5. The second kappa shape index (κ2) is 8.66. The van der Waals surface area contributed by atoms with Crippen LogP contribution in [-0.2, 0) is 13.6 Å². The predicted octanol–water partition coefficient (Wildman–Crippen LogP) is 4.17. The van der Waals surface area contributed by atoms with Crippen molar-refractivity contribution >= 4 is 40.1 Å². The van der Waals surface area contributed by atoms with Gasteiger partial charge >= 0.3 is 17.5 Å². The number of hydrogen-bond acceptors (Lipinski definition) is 6. The number of aliphatic hydroxyl groups is 1. The molecule has 8 nitrogen and oxygen atoms in total. The monoisotopic (exact) mass is 516 g/mol. The third-order valence-electron chi connectivity index (χ3n) is 5.99. The molecule has 1 saturated heterocycles. The minimum absolute atomic E-state index is 0.0930. The third kappa shape index (κ3) is 4.94. The first-order chi connectivity index (χ1) is 16.2. The van der Waals surface area contributed by atoms with Gasteiger partial charge < -0.3 is 15.3 Å². The molecule has 0 saturated carbocycles. The molecule has 35 heavy (non-hydrogen) atoms. The molecule has 1 aliphatic rings. The molecule has 190 valence electrons. The van der Waals surface area contributed by atoms with E-state index >= 15 is 0 Å². The molecule has 0 radical (unpaired) electrons. The lowest BCUT2D eigenvalue weighted by molar-refractivity contribution is -0.214. The van der Waals surface area contributed by atoms with Crippen molar-refractivity contribution in [2.75, 3.05) is 23.3 Å². The molecule has 3 heterocycles. The van der Waals surface area contributed by atoms with Crippen molar-refractivity contribution in [2.45, 2.75) is 50.7 Å². The number of nitrogens with one attached hydrogen (secondary N) is 1. The Morgan fingerprint density at radius 2 is 1.91 bits per heavy atom. The number of aryl methyl sites for hydroxylation is 2. The van der Waals surface area contributed by atoms with Gasteiger partial charge in [0.1, 0.15) is 5.02 Å². The van der Waals surface area contributed by atoms with Gasteiger partial charge in [0.05, 0.1) is 29.4 Å². The van der Waals surface area contributed by atoms with Gasteiger partial charge in [-0.15, -0.1) is 0 Å². The summed E-state index contributed by atoms with van der Waals surface area (Å²) in [5.74, 6) is -8.37. The molecule has 0 spiro atoms. The van der Waals surface area contributed by atoms with E-state index in [4.69, 9.17) is 11.6 Å². The Morgan fingerprint density at radius 3 is 2.57 bits per heavy atom. The smallest absolute Gasteiger partial charge is 0.328 e. The first-order valence-corrected chi connectivity index (χ1v) is 11.3. The number of halogens is 5. The van der Waals surface area contributed by atoms with Crippen LogP contribution < -0.4 is 15.9 Å². The van der Waals surface area contributed by atoms with E-state index in [1.165, 1.54) is 10.8 Å². The van der Waals surface area contributed by atoms with E-state index in [2.05, 4.69) is 15.3 Å². The summed E-state index contributed by atoms with van der Waals surface area (Å²) in [5.41, 5.74) is 0.573. The van der Waals surface area contributed by atoms with Gasteiger partial charge in [0, 0.05) is 32.2 Å². The minimum atomic E-state index is -4.22. The van der Waals surface area contributed by atoms with Crippen molar-refractivity contribution in [3.8, 4) is 0 Å². The van der Waals surface area contributed by atoms with Crippen molar-refractivity contribution in [3.63, 3.8) is 0 Å². The highest BCUT2D eigenvalue weighted by Gasteiger charge is 2.59. The van der Waals surface area contributed by atoms with Gasteiger partial charge in [0.15, 0.2) is 5.82 Å². The van der Waals surface area contributed by atoms with Crippen LogP contribution in [0.25, 0.3) is 11.0 Å². The topological polar surface area (TPSA) is 88.2 Å². The van der Waals surface area contributed by atoms with Crippen molar-refractivity contribution < 1.29 is 22.7 Å². The molecule has 0 unspecified atom stereocenters.